The van der Waals surface area contributed by atoms with Crippen molar-refractivity contribution in [1.29, 1.82) is 10.5 Å². The topological polar surface area (TPSA) is 56.8 Å². The molecule has 0 unspecified atom stereocenters. The standard InChI is InChI=1S/C5H3IN2O/c1-9-5(6)4(2-7)3-8/h1H3. The highest BCUT2D eigenvalue weighted by Crippen LogP contribution is 2.10. The van der Waals surface area contributed by atoms with Crippen molar-refractivity contribution in [2.45, 2.75) is 0 Å². The summed E-state index contributed by atoms with van der Waals surface area (Å²) in [5, 5.41) is 16.4. The quantitative estimate of drug-likeness (QED) is 0.390. The van der Waals surface area contributed by atoms with Gasteiger partial charge in [-0.3, -0.25) is 0 Å². The number of ether oxygens (including phenoxy) is 1. The van der Waals surface area contributed by atoms with Gasteiger partial charge in [-0.25, -0.2) is 0 Å². The predicted molar refractivity (Wildman–Crippen MR) is 39.3 cm³/mol. The Morgan fingerprint density at radius 3 is 2.00 bits per heavy atom. The Kier molecular flexibility index (Phi) is 3.81. The van der Waals surface area contributed by atoms with Crippen molar-refractivity contribution >= 4 is 22.6 Å². The molecule has 0 aromatic carbocycles. The van der Waals surface area contributed by atoms with Crippen LogP contribution in [0.4, 0.5) is 0 Å². The zero-order valence-corrected chi connectivity index (χ0v) is 6.84. The highest BCUT2D eigenvalue weighted by Gasteiger charge is 1.99. The summed E-state index contributed by atoms with van der Waals surface area (Å²) in [6, 6.07) is 3.38. The summed E-state index contributed by atoms with van der Waals surface area (Å²) >= 11 is 1.78. The molecule has 0 radical (unpaired) electrons. The Morgan fingerprint density at radius 1 is 1.44 bits per heavy atom. The summed E-state index contributed by atoms with van der Waals surface area (Å²) in [6.07, 6.45) is 0. The van der Waals surface area contributed by atoms with Crippen LogP contribution in [-0.2, 0) is 4.74 Å². The van der Waals surface area contributed by atoms with Crippen molar-refractivity contribution in [3.63, 3.8) is 0 Å². The third-order valence-corrected chi connectivity index (χ3v) is 1.58. The lowest BCUT2D eigenvalue weighted by Gasteiger charge is -1.91. The third-order valence-electron chi connectivity index (χ3n) is 0.599. The zero-order valence-electron chi connectivity index (χ0n) is 4.68. The molecule has 0 heterocycles. The highest BCUT2D eigenvalue weighted by molar-refractivity contribution is 14.1. The van der Waals surface area contributed by atoms with Crippen LogP contribution in [0.15, 0.2) is 9.34 Å². The Bertz CT molecular complexity index is 192. The average Bonchev–Trinajstić information content (AvgIpc) is 1.90. The van der Waals surface area contributed by atoms with E-state index in [0.29, 0.717) is 3.77 Å². The van der Waals surface area contributed by atoms with Crippen molar-refractivity contribution in [2.24, 2.45) is 0 Å². The molecule has 9 heavy (non-hydrogen) atoms. The second-order valence-electron chi connectivity index (χ2n) is 1.08. The van der Waals surface area contributed by atoms with Gasteiger partial charge in [-0.1, -0.05) is 0 Å². The molecule has 46 valence electrons. The van der Waals surface area contributed by atoms with Gasteiger partial charge in [0, 0.05) is 22.6 Å². The second kappa shape index (κ2) is 4.16. The molecule has 0 aromatic heterocycles. The summed E-state index contributed by atoms with van der Waals surface area (Å²) in [5.41, 5.74) is 0.0121. The molecule has 0 aliphatic heterocycles. The number of hydrogen-bond donors (Lipinski definition) is 0. The first-order valence-electron chi connectivity index (χ1n) is 2.00. The summed E-state index contributed by atoms with van der Waals surface area (Å²) in [5.74, 6) is 0. The molecule has 0 atom stereocenters. The minimum atomic E-state index is 0.0121. The molecule has 0 aliphatic carbocycles. The summed E-state index contributed by atoms with van der Waals surface area (Å²) in [7, 11) is 1.41. The second-order valence-corrected chi connectivity index (χ2v) is 2.06. The Hall–Kier alpha value is -0.750. The van der Waals surface area contributed by atoms with Crippen LogP contribution in [0, 0.1) is 22.7 Å². The number of hydrogen-bond acceptors (Lipinski definition) is 3. The molecule has 0 aromatic rings. The maximum absolute atomic E-state index is 8.21. The molecule has 0 saturated heterocycles. The van der Waals surface area contributed by atoms with Crippen LogP contribution in [0.3, 0.4) is 0 Å². The van der Waals surface area contributed by atoms with Gasteiger partial charge in [0.05, 0.1) is 7.11 Å². The van der Waals surface area contributed by atoms with Gasteiger partial charge >= 0.3 is 0 Å². The van der Waals surface area contributed by atoms with Gasteiger partial charge in [0.2, 0.25) is 0 Å². The van der Waals surface area contributed by atoms with Gasteiger partial charge in [0.25, 0.3) is 0 Å². The van der Waals surface area contributed by atoms with Crippen LogP contribution < -0.4 is 0 Å². The largest absolute Gasteiger partial charge is 0.489 e. The van der Waals surface area contributed by atoms with E-state index in [4.69, 9.17) is 10.5 Å². The molecule has 4 heteroatoms. The van der Waals surface area contributed by atoms with Crippen LogP contribution in [0.5, 0.6) is 0 Å². The molecular formula is C5H3IN2O. The van der Waals surface area contributed by atoms with Crippen LogP contribution in [0.2, 0.25) is 0 Å². The van der Waals surface area contributed by atoms with Crippen molar-refractivity contribution in [3.8, 4) is 12.1 Å². The van der Waals surface area contributed by atoms with Gasteiger partial charge in [-0.05, 0) is 0 Å². The van der Waals surface area contributed by atoms with Gasteiger partial charge in [-0.15, -0.1) is 0 Å². The van der Waals surface area contributed by atoms with Crippen molar-refractivity contribution in [3.05, 3.63) is 9.34 Å². The predicted octanol–water partition coefficient (Wildman–Crippen LogP) is 1.33. The number of halogens is 1. The highest BCUT2D eigenvalue weighted by atomic mass is 127. The normalized spacial score (nSPS) is 6.67. The Labute approximate surface area is 66.7 Å². The minimum absolute atomic E-state index is 0.0121. The Balaban J connectivity index is 4.49. The Morgan fingerprint density at radius 2 is 1.89 bits per heavy atom. The van der Waals surface area contributed by atoms with Crippen LogP contribution in [0.1, 0.15) is 0 Å². The lowest BCUT2D eigenvalue weighted by molar-refractivity contribution is 0.330. The maximum atomic E-state index is 8.21. The van der Waals surface area contributed by atoms with E-state index in [1.165, 1.54) is 7.11 Å². The van der Waals surface area contributed by atoms with Crippen molar-refractivity contribution in [1.82, 2.24) is 0 Å². The van der Waals surface area contributed by atoms with Gasteiger partial charge in [0.15, 0.2) is 9.34 Å². The third kappa shape index (κ3) is 2.34. The van der Waals surface area contributed by atoms with E-state index >= 15 is 0 Å². The number of methoxy groups -OCH3 is 1. The molecule has 3 nitrogen and oxygen atoms in total. The molecule has 0 aliphatic rings. The zero-order chi connectivity index (χ0) is 7.28. The number of allylic oxidation sites excluding steroid dienone is 1. The number of rotatable bonds is 1. The van der Waals surface area contributed by atoms with Crippen molar-refractivity contribution < 1.29 is 4.74 Å². The smallest absolute Gasteiger partial charge is 0.184 e. The molecule has 0 saturated carbocycles. The summed E-state index contributed by atoms with van der Waals surface area (Å²) in [6.45, 7) is 0. The van der Waals surface area contributed by atoms with E-state index in [1.807, 2.05) is 0 Å². The molecule has 0 spiro atoms. The number of nitrogens with zero attached hydrogens (tertiary/aromatic N) is 2. The lowest BCUT2D eigenvalue weighted by atomic mass is 10.4. The first-order chi connectivity index (χ1) is 4.26. The van der Waals surface area contributed by atoms with Gasteiger partial charge < -0.3 is 4.74 Å². The van der Waals surface area contributed by atoms with E-state index < -0.39 is 0 Å². The lowest BCUT2D eigenvalue weighted by Crippen LogP contribution is -1.80. The molecule has 0 fully saturated rings. The van der Waals surface area contributed by atoms with E-state index in [0.717, 1.165) is 0 Å². The fraction of sp³-hybridized carbons (Fsp3) is 0.200. The first-order valence-corrected chi connectivity index (χ1v) is 3.08. The fourth-order valence-corrected chi connectivity index (χ4v) is 0.456. The van der Waals surface area contributed by atoms with Gasteiger partial charge in [-0.2, -0.15) is 10.5 Å². The monoisotopic (exact) mass is 234 g/mol. The van der Waals surface area contributed by atoms with Crippen LogP contribution in [-0.4, -0.2) is 7.11 Å². The van der Waals surface area contributed by atoms with Gasteiger partial charge in [0.1, 0.15) is 12.1 Å². The SMILES string of the molecule is COC(I)=C(C#N)C#N. The van der Waals surface area contributed by atoms with Crippen LogP contribution in [0.25, 0.3) is 0 Å². The van der Waals surface area contributed by atoms with E-state index in [1.54, 1.807) is 34.7 Å². The van der Waals surface area contributed by atoms with E-state index in [-0.39, 0.29) is 5.57 Å². The minimum Gasteiger partial charge on any atom is -0.489 e. The average molecular weight is 234 g/mol. The van der Waals surface area contributed by atoms with Crippen molar-refractivity contribution in [2.75, 3.05) is 7.11 Å². The van der Waals surface area contributed by atoms with Crippen LogP contribution >= 0.6 is 22.6 Å². The molecule has 0 amide bonds. The van der Waals surface area contributed by atoms with E-state index in [2.05, 4.69) is 4.74 Å². The summed E-state index contributed by atoms with van der Waals surface area (Å²) < 4.78 is 4.95. The molecule has 0 rings (SSSR count). The molecular weight excluding hydrogens is 231 g/mol. The molecule has 0 N–H and O–H groups in total. The van der Waals surface area contributed by atoms with E-state index in [9.17, 15) is 0 Å². The number of nitriles is 2. The fourth-order valence-electron chi connectivity index (χ4n) is 0.215. The maximum Gasteiger partial charge on any atom is 0.184 e. The molecule has 0 bridgehead atoms. The summed E-state index contributed by atoms with van der Waals surface area (Å²) in [4.78, 5) is 0. The first kappa shape index (κ1) is 8.25.